The topological polar surface area (TPSA) is 69.7 Å². The smallest absolute Gasteiger partial charge is 0.339 e. The summed E-state index contributed by atoms with van der Waals surface area (Å²) >= 11 is 0. The van der Waals surface area contributed by atoms with Crippen molar-refractivity contribution in [3.05, 3.63) is 90.0 Å². The van der Waals surface area contributed by atoms with Crippen molar-refractivity contribution in [3.8, 4) is 0 Å². The Balaban J connectivity index is 1.54. The molecule has 1 aromatic rings. The van der Waals surface area contributed by atoms with Crippen LogP contribution in [0.1, 0.15) is 5.56 Å². The fourth-order valence-corrected chi connectivity index (χ4v) is 5.40. The highest BCUT2D eigenvalue weighted by Gasteiger charge is 2.76. The van der Waals surface area contributed by atoms with Crippen LogP contribution in [0.25, 0.3) is 0 Å². The van der Waals surface area contributed by atoms with Crippen LogP contribution in [0.5, 0.6) is 0 Å². The highest BCUT2D eigenvalue weighted by atomic mass is 32.2. The molecule has 0 bridgehead atoms. The average Bonchev–Trinajstić information content (AvgIpc) is 3.30. The van der Waals surface area contributed by atoms with Crippen LogP contribution < -0.4 is 0 Å². The van der Waals surface area contributed by atoms with Crippen LogP contribution >= 0.6 is 0 Å². The second-order valence-corrected chi connectivity index (χ2v) is 8.99. The van der Waals surface area contributed by atoms with Crippen LogP contribution in [0.15, 0.2) is 89.3 Å². The number of carbonyl (C=O) groups is 1. The third kappa shape index (κ3) is 2.31. The van der Waals surface area contributed by atoms with Gasteiger partial charge in [-0.2, -0.15) is 8.42 Å². The number of allylic oxidation sites excluding steroid dienone is 8. The van der Waals surface area contributed by atoms with Crippen LogP contribution in [0.3, 0.4) is 0 Å². The minimum atomic E-state index is -4.05. The zero-order valence-electron chi connectivity index (χ0n) is 15.1. The Kier molecular flexibility index (Phi) is 3.58. The number of esters is 1. The van der Waals surface area contributed by atoms with E-state index < -0.39 is 15.5 Å². The highest BCUT2D eigenvalue weighted by Crippen LogP contribution is 2.71. The molecule has 2 fully saturated rings. The van der Waals surface area contributed by atoms with Gasteiger partial charge in [-0.05, 0) is 25.1 Å². The predicted molar refractivity (Wildman–Crippen MR) is 102 cm³/mol. The average molecular weight is 394 g/mol. The molecule has 3 atom stereocenters. The molecule has 0 amide bonds. The number of fused-ring (bicyclic) bond motifs is 5. The molecule has 1 aliphatic heterocycles. The molecule has 0 radical (unpaired) electrons. The fourth-order valence-electron chi connectivity index (χ4n) is 4.46. The Morgan fingerprint density at radius 2 is 1.61 bits per heavy atom. The summed E-state index contributed by atoms with van der Waals surface area (Å²) in [6.45, 7) is 1.88. The molecule has 1 saturated heterocycles. The maximum Gasteiger partial charge on any atom is 0.339 e. The molecule has 5 rings (SSSR count). The Morgan fingerprint density at radius 1 is 0.964 bits per heavy atom. The first kappa shape index (κ1) is 17.3. The molecule has 1 heterocycles. The van der Waals surface area contributed by atoms with E-state index in [-0.39, 0.29) is 40.1 Å². The van der Waals surface area contributed by atoms with Crippen LogP contribution in [0, 0.1) is 30.1 Å². The van der Waals surface area contributed by atoms with Gasteiger partial charge in [0.25, 0.3) is 0 Å². The molecule has 1 saturated carbocycles. The van der Waals surface area contributed by atoms with Crippen LogP contribution in [-0.4, -0.2) is 14.4 Å². The highest BCUT2D eigenvalue weighted by molar-refractivity contribution is 7.86. The Bertz CT molecular complexity index is 1100. The van der Waals surface area contributed by atoms with E-state index in [1.165, 1.54) is 18.2 Å². The van der Waals surface area contributed by atoms with Gasteiger partial charge in [0.05, 0.1) is 11.3 Å². The van der Waals surface area contributed by atoms with Gasteiger partial charge in [-0.15, -0.1) is 0 Å². The van der Waals surface area contributed by atoms with Crippen molar-refractivity contribution in [3.63, 3.8) is 0 Å². The lowest BCUT2D eigenvalue weighted by molar-refractivity contribution is -0.141. The van der Waals surface area contributed by atoms with Gasteiger partial charge in [0, 0.05) is 11.8 Å². The third-order valence-electron chi connectivity index (χ3n) is 5.90. The molecule has 3 unspecified atom stereocenters. The monoisotopic (exact) mass is 394 g/mol. The maximum absolute atomic E-state index is 12.8. The number of aryl methyl sites for hydroxylation is 1. The first-order valence-corrected chi connectivity index (χ1v) is 10.5. The molecule has 3 aliphatic carbocycles. The van der Waals surface area contributed by atoms with Crippen molar-refractivity contribution in [2.75, 3.05) is 0 Å². The lowest BCUT2D eigenvalue weighted by atomic mass is 9.86. The largest absolute Gasteiger partial charge is 0.426 e. The van der Waals surface area contributed by atoms with Crippen molar-refractivity contribution in [2.24, 2.45) is 23.2 Å². The van der Waals surface area contributed by atoms with Gasteiger partial charge < -0.3 is 8.92 Å². The minimum absolute atomic E-state index is 0.0532. The van der Waals surface area contributed by atoms with Gasteiger partial charge in [-0.25, -0.2) is 0 Å². The normalized spacial score (nSPS) is 32.2. The molecule has 1 spiro atoms. The molecule has 1 aromatic carbocycles. The zero-order chi connectivity index (χ0) is 19.5. The van der Waals surface area contributed by atoms with Crippen molar-refractivity contribution >= 4 is 16.1 Å². The first-order valence-electron chi connectivity index (χ1n) is 9.12. The van der Waals surface area contributed by atoms with Gasteiger partial charge in [-0.3, -0.25) is 4.79 Å². The second kappa shape index (κ2) is 5.82. The standard InChI is InChI=1S/C22H18O5S/c1-14-10-12-15(13-11-14)28(24,25)27-19-9-5-4-8-18-20(19)26-21(23)22(18)16-6-2-3-7-17(16)22/h2-13,16-18H,1H3. The molecule has 0 aromatic heterocycles. The fraction of sp³-hybridized carbons (Fsp3) is 0.227. The van der Waals surface area contributed by atoms with E-state index in [2.05, 4.69) is 0 Å². The number of hydrogen-bond acceptors (Lipinski definition) is 5. The van der Waals surface area contributed by atoms with E-state index in [1.54, 1.807) is 24.3 Å². The van der Waals surface area contributed by atoms with E-state index in [9.17, 15) is 13.2 Å². The van der Waals surface area contributed by atoms with E-state index in [1.807, 2.05) is 37.3 Å². The zero-order valence-corrected chi connectivity index (χ0v) is 15.9. The summed E-state index contributed by atoms with van der Waals surface area (Å²) in [5.41, 5.74) is 0.243. The Labute approximate surface area is 163 Å². The quantitative estimate of drug-likeness (QED) is 0.579. The molecule has 5 nitrogen and oxygen atoms in total. The van der Waals surface area contributed by atoms with Crippen LogP contribution in [0.4, 0.5) is 0 Å². The molecule has 0 N–H and O–H groups in total. The van der Waals surface area contributed by atoms with Crippen molar-refractivity contribution in [2.45, 2.75) is 11.8 Å². The van der Waals surface area contributed by atoms with Crippen molar-refractivity contribution < 1.29 is 22.1 Å². The van der Waals surface area contributed by atoms with Gasteiger partial charge in [0.15, 0.2) is 11.5 Å². The molecule has 4 aliphatic rings. The van der Waals surface area contributed by atoms with E-state index in [0.29, 0.717) is 0 Å². The lowest BCUT2D eigenvalue weighted by Gasteiger charge is -2.13. The van der Waals surface area contributed by atoms with Gasteiger partial charge in [-0.1, -0.05) is 60.2 Å². The second-order valence-electron chi connectivity index (χ2n) is 7.44. The SMILES string of the molecule is Cc1ccc(S(=O)(=O)OC2=C3OC(=O)C4(C3C=CC=C2)C2C=CC=CC24)cc1. The van der Waals surface area contributed by atoms with Crippen molar-refractivity contribution in [1.82, 2.24) is 0 Å². The van der Waals surface area contributed by atoms with E-state index >= 15 is 0 Å². The predicted octanol–water partition coefficient (Wildman–Crippen LogP) is 3.57. The lowest BCUT2D eigenvalue weighted by Crippen LogP contribution is -2.19. The van der Waals surface area contributed by atoms with E-state index in [0.717, 1.165) is 5.56 Å². The Hall–Kier alpha value is -2.86. The van der Waals surface area contributed by atoms with E-state index in [4.69, 9.17) is 8.92 Å². The van der Waals surface area contributed by atoms with Crippen LogP contribution in [0.2, 0.25) is 0 Å². The summed E-state index contributed by atoms with van der Waals surface area (Å²) in [6, 6.07) is 6.41. The molecule has 6 heteroatoms. The number of benzene rings is 1. The summed E-state index contributed by atoms with van der Waals surface area (Å²) in [7, 11) is -4.05. The summed E-state index contributed by atoms with van der Waals surface area (Å²) in [5, 5.41) is 0. The minimum Gasteiger partial charge on any atom is -0.426 e. The maximum atomic E-state index is 12.8. The van der Waals surface area contributed by atoms with Gasteiger partial charge >= 0.3 is 16.1 Å². The Morgan fingerprint density at radius 3 is 2.29 bits per heavy atom. The molecular weight excluding hydrogens is 376 g/mol. The molecule has 142 valence electrons. The summed E-state index contributed by atoms with van der Waals surface area (Å²) in [5.74, 6) is -0.247. The molecule has 28 heavy (non-hydrogen) atoms. The number of carbonyl (C=O) groups excluding carboxylic acids is 1. The summed E-state index contributed by atoms with van der Waals surface area (Å²) in [6.07, 6.45) is 14.8. The van der Waals surface area contributed by atoms with Crippen molar-refractivity contribution in [1.29, 1.82) is 0 Å². The van der Waals surface area contributed by atoms with Gasteiger partial charge in [0.1, 0.15) is 4.90 Å². The summed E-state index contributed by atoms with van der Waals surface area (Å²) in [4.78, 5) is 12.9. The number of rotatable bonds is 3. The molecular formula is C22H18O5S. The first-order chi connectivity index (χ1) is 13.4. The number of ether oxygens (including phenoxy) is 1. The summed E-state index contributed by atoms with van der Waals surface area (Å²) < 4.78 is 36.5. The van der Waals surface area contributed by atoms with Crippen LogP contribution in [-0.2, 0) is 23.8 Å². The number of hydrogen-bond donors (Lipinski definition) is 0. The third-order valence-corrected chi connectivity index (χ3v) is 7.14. The van der Waals surface area contributed by atoms with Gasteiger partial charge in [0.2, 0.25) is 0 Å².